The molecule has 7 heteroatoms. The smallest absolute Gasteiger partial charge is 0.307 e. The molecule has 0 spiro atoms. The van der Waals surface area contributed by atoms with E-state index in [2.05, 4.69) is 41.8 Å². The molecule has 2 aromatic carbocycles. The van der Waals surface area contributed by atoms with Gasteiger partial charge in [0, 0.05) is 50.8 Å². The lowest BCUT2D eigenvalue weighted by atomic mass is 10.0. The lowest BCUT2D eigenvalue weighted by Crippen LogP contribution is -2.46. The number of benzene rings is 2. The number of unbranched alkanes of at least 4 members (excludes halogenated alkanes) is 1. The Labute approximate surface area is 215 Å². The molecule has 7 nitrogen and oxygen atoms in total. The Morgan fingerprint density at radius 3 is 2.56 bits per heavy atom. The summed E-state index contributed by atoms with van der Waals surface area (Å²) in [5, 5.41) is 0. The Balaban J connectivity index is 1.20. The maximum atomic E-state index is 12.4. The fraction of sp³-hybridized carbons (Fsp3) is 0.517. The molecule has 1 fully saturated rings. The maximum absolute atomic E-state index is 12.4. The first-order valence-electron chi connectivity index (χ1n) is 13.2. The van der Waals surface area contributed by atoms with Crippen molar-refractivity contribution in [3.05, 3.63) is 53.1 Å². The number of hydrogen-bond donors (Lipinski definition) is 0. The zero-order valence-electron chi connectivity index (χ0n) is 21.9. The highest BCUT2D eigenvalue weighted by atomic mass is 16.5. The summed E-state index contributed by atoms with van der Waals surface area (Å²) in [6.45, 7) is 12.1. The number of hydrogen-bond acceptors (Lipinski definition) is 6. The van der Waals surface area contributed by atoms with Gasteiger partial charge in [-0.05, 0) is 68.5 Å². The second-order valence-electron chi connectivity index (χ2n) is 9.71. The molecule has 0 aliphatic carbocycles. The summed E-state index contributed by atoms with van der Waals surface area (Å²) in [7, 11) is 0. The number of anilines is 2. The van der Waals surface area contributed by atoms with E-state index in [4.69, 9.17) is 9.47 Å². The lowest BCUT2D eigenvalue weighted by Gasteiger charge is -2.37. The van der Waals surface area contributed by atoms with Gasteiger partial charge in [0.05, 0.1) is 12.3 Å². The van der Waals surface area contributed by atoms with Gasteiger partial charge >= 0.3 is 5.97 Å². The van der Waals surface area contributed by atoms with Crippen molar-refractivity contribution in [3.8, 4) is 5.75 Å². The van der Waals surface area contributed by atoms with E-state index in [0.29, 0.717) is 25.9 Å². The second-order valence-corrected chi connectivity index (χ2v) is 9.71. The standard InChI is InChI=1S/C29H39N3O4/c1-4-29(34)36-21-32-27-20-25(12-10-24(27)11-13-28(32)33)35-19-6-5-14-30-15-17-31(18-16-30)26-9-7-8-22(2)23(26)3/h7-10,12,20H,4-6,11,13-19,21H2,1-3H3. The highest BCUT2D eigenvalue weighted by Gasteiger charge is 2.25. The van der Waals surface area contributed by atoms with Crippen molar-refractivity contribution in [2.45, 2.75) is 52.9 Å². The summed E-state index contributed by atoms with van der Waals surface area (Å²) in [5.41, 5.74) is 5.98. The number of esters is 1. The number of amides is 1. The Bertz CT molecular complexity index is 1060. The number of nitrogens with zero attached hydrogens (tertiary/aromatic N) is 3. The van der Waals surface area contributed by atoms with E-state index in [9.17, 15) is 9.59 Å². The Morgan fingerprint density at radius 1 is 0.972 bits per heavy atom. The van der Waals surface area contributed by atoms with Crippen LogP contribution in [-0.4, -0.2) is 62.8 Å². The summed E-state index contributed by atoms with van der Waals surface area (Å²) in [4.78, 5) is 30.6. The number of aryl methyl sites for hydroxylation is 2. The van der Waals surface area contributed by atoms with E-state index >= 15 is 0 Å². The van der Waals surface area contributed by atoms with Crippen molar-refractivity contribution < 1.29 is 19.1 Å². The SMILES string of the molecule is CCC(=O)OCN1C(=O)CCc2ccc(OCCCCN3CCN(c4cccc(C)c4C)CC3)cc21. The third-order valence-corrected chi connectivity index (χ3v) is 7.33. The van der Waals surface area contributed by atoms with Crippen LogP contribution >= 0.6 is 0 Å². The maximum Gasteiger partial charge on any atom is 0.307 e. The largest absolute Gasteiger partial charge is 0.494 e. The molecule has 2 aliphatic heterocycles. The van der Waals surface area contributed by atoms with Crippen LogP contribution in [0.4, 0.5) is 11.4 Å². The van der Waals surface area contributed by atoms with Gasteiger partial charge in [0.2, 0.25) is 5.91 Å². The second kappa shape index (κ2) is 12.3. The van der Waals surface area contributed by atoms with Gasteiger partial charge in [0.25, 0.3) is 0 Å². The molecule has 1 saturated heterocycles. The van der Waals surface area contributed by atoms with Crippen LogP contribution in [0.5, 0.6) is 5.75 Å². The van der Waals surface area contributed by atoms with Crippen molar-refractivity contribution >= 4 is 23.3 Å². The predicted octanol–water partition coefficient (Wildman–Crippen LogP) is 4.47. The first kappa shape index (κ1) is 26.0. The highest BCUT2D eigenvalue weighted by Crippen LogP contribution is 2.32. The minimum absolute atomic E-state index is 0.0267. The normalized spacial score (nSPS) is 16.1. The molecular formula is C29H39N3O4. The Kier molecular flexibility index (Phi) is 8.86. The Morgan fingerprint density at radius 2 is 1.78 bits per heavy atom. The molecule has 0 radical (unpaired) electrons. The van der Waals surface area contributed by atoms with Gasteiger partial charge in [0.1, 0.15) is 5.75 Å². The zero-order chi connectivity index (χ0) is 25.5. The number of ether oxygens (including phenoxy) is 2. The third-order valence-electron chi connectivity index (χ3n) is 7.33. The average molecular weight is 494 g/mol. The molecule has 1 amide bonds. The quantitative estimate of drug-likeness (QED) is 0.359. The molecule has 2 aromatic rings. The molecule has 194 valence electrons. The van der Waals surface area contributed by atoms with Crippen LogP contribution in [0.2, 0.25) is 0 Å². The first-order chi connectivity index (χ1) is 17.5. The van der Waals surface area contributed by atoms with Crippen LogP contribution in [0.1, 0.15) is 49.3 Å². The summed E-state index contributed by atoms with van der Waals surface area (Å²) < 4.78 is 11.2. The zero-order valence-corrected chi connectivity index (χ0v) is 21.9. The number of carbonyl (C=O) groups excluding carboxylic acids is 2. The van der Waals surface area contributed by atoms with Gasteiger partial charge in [-0.25, -0.2) is 0 Å². The van der Waals surface area contributed by atoms with Crippen LogP contribution in [0.25, 0.3) is 0 Å². The molecule has 0 aromatic heterocycles. The van der Waals surface area contributed by atoms with Crippen LogP contribution in [0.3, 0.4) is 0 Å². The van der Waals surface area contributed by atoms with E-state index in [0.717, 1.165) is 62.6 Å². The summed E-state index contributed by atoms with van der Waals surface area (Å²) in [5.74, 6) is 0.410. The predicted molar refractivity (Wildman–Crippen MR) is 143 cm³/mol. The molecule has 4 rings (SSSR count). The fourth-order valence-corrected chi connectivity index (χ4v) is 4.91. The molecule has 0 bridgehead atoms. The topological polar surface area (TPSA) is 62.3 Å². The lowest BCUT2D eigenvalue weighted by molar-refractivity contribution is -0.143. The monoisotopic (exact) mass is 493 g/mol. The molecule has 0 unspecified atom stereocenters. The van der Waals surface area contributed by atoms with Gasteiger partial charge < -0.3 is 14.4 Å². The third kappa shape index (κ3) is 6.38. The summed E-state index contributed by atoms with van der Waals surface area (Å²) in [6.07, 6.45) is 3.48. The van der Waals surface area contributed by atoms with Crippen LogP contribution in [0.15, 0.2) is 36.4 Å². The molecule has 0 atom stereocenters. The van der Waals surface area contributed by atoms with Gasteiger partial charge in [-0.3, -0.25) is 19.4 Å². The van der Waals surface area contributed by atoms with E-state index in [-0.39, 0.29) is 18.6 Å². The number of piperazine rings is 1. The van der Waals surface area contributed by atoms with Crippen molar-refractivity contribution in [3.63, 3.8) is 0 Å². The van der Waals surface area contributed by atoms with Crippen molar-refractivity contribution in [1.29, 1.82) is 0 Å². The molecule has 2 aliphatic rings. The number of carbonyl (C=O) groups is 2. The van der Waals surface area contributed by atoms with Crippen molar-refractivity contribution in [2.24, 2.45) is 0 Å². The molecule has 2 heterocycles. The Hall–Kier alpha value is -3.06. The summed E-state index contributed by atoms with van der Waals surface area (Å²) in [6, 6.07) is 12.5. The van der Waals surface area contributed by atoms with Gasteiger partial charge in [0.15, 0.2) is 6.73 Å². The van der Waals surface area contributed by atoms with Crippen LogP contribution in [-0.2, 0) is 20.7 Å². The molecular weight excluding hydrogens is 454 g/mol. The summed E-state index contributed by atoms with van der Waals surface area (Å²) >= 11 is 0. The molecule has 0 saturated carbocycles. The number of fused-ring (bicyclic) bond motifs is 1. The van der Waals surface area contributed by atoms with Crippen LogP contribution in [0, 0.1) is 13.8 Å². The highest BCUT2D eigenvalue weighted by molar-refractivity contribution is 5.96. The minimum Gasteiger partial charge on any atom is -0.494 e. The van der Waals surface area contributed by atoms with E-state index in [1.54, 1.807) is 11.8 Å². The van der Waals surface area contributed by atoms with E-state index in [1.807, 2.05) is 18.2 Å². The van der Waals surface area contributed by atoms with E-state index < -0.39 is 0 Å². The number of rotatable bonds is 10. The average Bonchev–Trinajstić information content (AvgIpc) is 2.89. The van der Waals surface area contributed by atoms with Crippen LogP contribution < -0.4 is 14.5 Å². The van der Waals surface area contributed by atoms with Gasteiger partial charge in [-0.15, -0.1) is 0 Å². The van der Waals surface area contributed by atoms with E-state index in [1.165, 1.54) is 16.8 Å². The molecule has 36 heavy (non-hydrogen) atoms. The van der Waals surface area contributed by atoms with Crippen molar-refractivity contribution in [2.75, 3.05) is 55.9 Å². The first-order valence-corrected chi connectivity index (χ1v) is 13.2. The minimum atomic E-state index is -0.311. The van der Waals surface area contributed by atoms with Gasteiger partial charge in [-0.2, -0.15) is 0 Å². The van der Waals surface area contributed by atoms with Crippen molar-refractivity contribution in [1.82, 2.24) is 4.90 Å². The van der Waals surface area contributed by atoms with Gasteiger partial charge in [-0.1, -0.05) is 25.1 Å². The fourth-order valence-electron chi connectivity index (χ4n) is 4.91. The molecule has 0 N–H and O–H groups in total.